The van der Waals surface area contributed by atoms with E-state index >= 15 is 0 Å². The van der Waals surface area contributed by atoms with Crippen molar-refractivity contribution in [3.63, 3.8) is 0 Å². The summed E-state index contributed by atoms with van der Waals surface area (Å²) in [5.74, 6) is 0.120. The lowest BCUT2D eigenvalue weighted by atomic mass is 10.0. The molecule has 0 atom stereocenters. The van der Waals surface area contributed by atoms with Gasteiger partial charge in [-0.3, -0.25) is 14.4 Å². The van der Waals surface area contributed by atoms with E-state index in [0.29, 0.717) is 65.6 Å². The van der Waals surface area contributed by atoms with Gasteiger partial charge in [0.2, 0.25) is 0 Å². The minimum atomic E-state index is -0.643. The topological polar surface area (TPSA) is 126 Å². The molecule has 2 aliphatic rings. The largest absolute Gasteiger partial charge is 0.494 e. The standard InChI is InChI=1S/C32H27N7O4/c1-19-35-18-39(36-19)31-27-26(24(43-2)17-34-31)23(16-33-27)30(41)32(42)38-14-12-37(13-15-38)28-21-10-6-7-11-22(21)29(40)25(28)20-8-4-3-5-9-20/h3-11,16-18,33H,12-15H2,1-2H3. The number of aryl methyl sites for hydroxylation is 1. The molecule has 0 unspecified atom stereocenters. The van der Waals surface area contributed by atoms with Crippen LogP contribution in [-0.4, -0.2) is 85.3 Å². The molecule has 1 aliphatic heterocycles. The van der Waals surface area contributed by atoms with Crippen molar-refractivity contribution in [1.82, 2.24) is 34.5 Å². The number of benzene rings is 2. The summed E-state index contributed by atoms with van der Waals surface area (Å²) in [6, 6.07) is 17.3. The number of hydrogen-bond acceptors (Lipinski definition) is 8. The van der Waals surface area contributed by atoms with E-state index in [-0.39, 0.29) is 11.3 Å². The molecule has 0 bridgehead atoms. The number of H-pyrrole nitrogens is 1. The maximum atomic E-state index is 13.6. The van der Waals surface area contributed by atoms with E-state index in [0.717, 1.165) is 16.8 Å². The highest BCUT2D eigenvalue weighted by molar-refractivity contribution is 6.45. The Morgan fingerprint density at radius 3 is 2.35 bits per heavy atom. The first-order valence-electron chi connectivity index (χ1n) is 13.9. The Balaban J connectivity index is 1.16. The van der Waals surface area contributed by atoms with Gasteiger partial charge in [0.1, 0.15) is 17.9 Å². The third-order valence-corrected chi connectivity index (χ3v) is 7.97. The van der Waals surface area contributed by atoms with Crippen LogP contribution in [-0.2, 0) is 4.79 Å². The first kappa shape index (κ1) is 26.3. The molecular formula is C32H27N7O4. The Morgan fingerprint density at radius 1 is 0.930 bits per heavy atom. The van der Waals surface area contributed by atoms with Gasteiger partial charge in [-0.2, -0.15) is 5.10 Å². The normalized spacial score (nSPS) is 14.9. The number of ether oxygens (including phenoxy) is 1. The van der Waals surface area contributed by atoms with Gasteiger partial charge in [-0.05, 0) is 12.5 Å². The Kier molecular flexibility index (Phi) is 6.34. The highest BCUT2D eigenvalue weighted by Crippen LogP contribution is 2.40. The van der Waals surface area contributed by atoms with E-state index < -0.39 is 11.7 Å². The van der Waals surface area contributed by atoms with Crippen molar-refractivity contribution >= 4 is 39.6 Å². The minimum Gasteiger partial charge on any atom is -0.494 e. The lowest BCUT2D eigenvalue weighted by Gasteiger charge is -2.37. The second-order valence-corrected chi connectivity index (χ2v) is 10.4. The summed E-state index contributed by atoms with van der Waals surface area (Å²) < 4.78 is 7.02. The van der Waals surface area contributed by atoms with Crippen LogP contribution in [0.1, 0.15) is 37.7 Å². The van der Waals surface area contributed by atoms with Crippen molar-refractivity contribution in [3.05, 3.63) is 101 Å². The van der Waals surface area contributed by atoms with Crippen LogP contribution < -0.4 is 4.74 Å². The number of carbonyl (C=O) groups is 3. The quantitative estimate of drug-likeness (QED) is 0.242. The Morgan fingerprint density at radius 2 is 1.65 bits per heavy atom. The number of ketones is 2. The van der Waals surface area contributed by atoms with E-state index in [1.54, 1.807) is 11.8 Å². The summed E-state index contributed by atoms with van der Waals surface area (Å²) >= 11 is 0. The molecule has 1 amide bonds. The van der Waals surface area contributed by atoms with Gasteiger partial charge in [0.15, 0.2) is 11.6 Å². The van der Waals surface area contributed by atoms with Crippen molar-refractivity contribution in [2.75, 3.05) is 33.3 Å². The fraction of sp³-hybridized carbons (Fsp3) is 0.188. The van der Waals surface area contributed by atoms with Crippen LogP contribution in [0.4, 0.5) is 0 Å². The van der Waals surface area contributed by atoms with Crippen molar-refractivity contribution < 1.29 is 19.1 Å². The first-order chi connectivity index (χ1) is 21.0. The highest BCUT2D eigenvalue weighted by atomic mass is 16.5. The molecule has 1 N–H and O–H groups in total. The molecule has 43 heavy (non-hydrogen) atoms. The predicted molar refractivity (Wildman–Crippen MR) is 159 cm³/mol. The number of Topliss-reactive ketones (excluding diaryl/α,β-unsaturated/α-hetero) is 2. The number of piperazine rings is 1. The third-order valence-electron chi connectivity index (χ3n) is 7.97. The van der Waals surface area contributed by atoms with Crippen molar-refractivity contribution in [2.24, 2.45) is 0 Å². The second kappa shape index (κ2) is 10.4. The Labute approximate surface area is 246 Å². The number of nitrogens with one attached hydrogen (secondary N) is 1. The van der Waals surface area contributed by atoms with Crippen LogP contribution in [0.2, 0.25) is 0 Å². The zero-order valence-corrected chi connectivity index (χ0v) is 23.6. The van der Waals surface area contributed by atoms with E-state index in [1.807, 2.05) is 54.6 Å². The minimum absolute atomic E-state index is 0.00585. The first-order valence-corrected chi connectivity index (χ1v) is 13.9. The van der Waals surface area contributed by atoms with Gasteiger partial charge in [0.25, 0.3) is 11.7 Å². The maximum absolute atomic E-state index is 13.6. The summed E-state index contributed by atoms with van der Waals surface area (Å²) in [7, 11) is 1.49. The summed E-state index contributed by atoms with van der Waals surface area (Å²) in [6.07, 6.45) is 4.55. The fourth-order valence-electron chi connectivity index (χ4n) is 5.92. The summed E-state index contributed by atoms with van der Waals surface area (Å²) in [5.41, 5.74) is 4.66. The number of aromatic amines is 1. The molecule has 1 saturated heterocycles. The average Bonchev–Trinajstić information content (AvgIpc) is 3.76. The number of methoxy groups -OCH3 is 1. The molecule has 214 valence electrons. The molecule has 7 rings (SSSR count). The number of hydrogen-bond donors (Lipinski definition) is 1. The fourth-order valence-corrected chi connectivity index (χ4v) is 5.92. The Hall–Kier alpha value is -5.58. The molecule has 1 fully saturated rings. The molecule has 0 radical (unpaired) electrons. The molecule has 5 aromatic rings. The summed E-state index contributed by atoms with van der Waals surface area (Å²) in [4.78, 5) is 56.1. The molecular weight excluding hydrogens is 546 g/mol. The van der Waals surface area contributed by atoms with Gasteiger partial charge < -0.3 is 19.5 Å². The van der Waals surface area contributed by atoms with Crippen LogP contribution >= 0.6 is 0 Å². The van der Waals surface area contributed by atoms with Crippen LogP contribution in [0.25, 0.3) is 28.0 Å². The van der Waals surface area contributed by atoms with Crippen molar-refractivity contribution in [3.8, 4) is 11.6 Å². The lowest BCUT2D eigenvalue weighted by Crippen LogP contribution is -2.49. The van der Waals surface area contributed by atoms with Crippen LogP contribution in [0.15, 0.2) is 73.3 Å². The van der Waals surface area contributed by atoms with E-state index in [1.165, 1.54) is 30.5 Å². The molecule has 3 aromatic heterocycles. The molecule has 11 heteroatoms. The number of allylic oxidation sites excluding steroid dienone is 1. The zero-order chi connectivity index (χ0) is 29.7. The van der Waals surface area contributed by atoms with Crippen LogP contribution in [0.5, 0.6) is 5.75 Å². The van der Waals surface area contributed by atoms with Gasteiger partial charge in [-0.1, -0.05) is 54.6 Å². The van der Waals surface area contributed by atoms with Gasteiger partial charge in [-0.25, -0.2) is 14.6 Å². The average molecular weight is 574 g/mol. The number of fused-ring (bicyclic) bond motifs is 2. The molecule has 1 aliphatic carbocycles. The molecule has 11 nitrogen and oxygen atoms in total. The molecule has 0 spiro atoms. The molecule has 0 saturated carbocycles. The maximum Gasteiger partial charge on any atom is 0.295 e. The SMILES string of the molecule is COc1cnc(-n2cnc(C)n2)c2[nH]cc(C(=O)C(=O)N3CCN(C4=C(c5ccccc5)C(=O)c5ccccc54)CC3)c12. The van der Waals surface area contributed by atoms with Crippen LogP contribution in [0, 0.1) is 6.92 Å². The highest BCUT2D eigenvalue weighted by Gasteiger charge is 2.36. The van der Waals surface area contributed by atoms with Crippen molar-refractivity contribution in [2.45, 2.75) is 6.92 Å². The molecule has 2 aromatic carbocycles. The number of rotatable bonds is 6. The smallest absolute Gasteiger partial charge is 0.295 e. The third kappa shape index (κ3) is 4.28. The number of nitrogens with zero attached hydrogens (tertiary/aromatic N) is 6. The number of aromatic nitrogens is 5. The number of carbonyl (C=O) groups excluding carboxylic acids is 3. The molecule has 4 heterocycles. The second-order valence-electron chi connectivity index (χ2n) is 10.4. The van der Waals surface area contributed by atoms with Crippen molar-refractivity contribution in [1.29, 1.82) is 0 Å². The predicted octanol–water partition coefficient (Wildman–Crippen LogP) is 3.55. The van der Waals surface area contributed by atoms with Gasteiger partial charge in [0.05, 0.1) is 41.0 Å². The summed E-state index contributed by atoms with van der Waals surface area (Å²) in [6.45, 7) is 3.38. The lowest BCUT2D eigenvalue weighted by molar-refractivity contribution is -0.127. The summed E-state index contributed by atoms with van der Waals surface area (Å²) in [5, 5.41) is 4.78. The van der Waals surface area contributed by atoms with E-state index in [2.05, 4.69) is 25.0 Å². The number of amides is 1. The van der Waals surface area contributed by atoms with E-state index in [9.17, 15) is 14.4 Å². The van der Waals surface area contributed by atoms with Gasteiger partial charge >= 0.3 is 0 Å². The Bertz CT molecular complexity index is 1950. The van der Waals surface area contributed by atoms with Gasteiger partial charge in [0, 0.05) is 43.5 Å². The van der Waals surface area contributed by atoms with Gasteiger partial charge in [-0.15, -0.1) is 0 Å². The zero-order valence-electron chi connectivity index (χ0n) is 23.6. The number of pyridine rings is 1. The van der Waals surface area contributed by atoms with Crippen LogP contribution in [0.3, 0.4) is 0 Å². The van der Waals surface area contributed by atoms with E-state index in [4.69, 9.17) is 4.74 Å². The monoisotopic (exact) mass is 573 g/mol.